The first-order chi connectivity index (χ1) is 9.10. The van der Waals surface area contributed by atoms with Crippen molar-refractivity contribution >= 4 is 10.0 Å². The highest BCUT2D eigenvalue weighted by Crippen LogP contribution is 2.13. The molecule has 0 saturated heterocycles. The fourth-order valence-electron chi connectivity index (χ4n) is 1.80. The van der Waals surface area contributed by atoms with E-state index >= 15 is 0 Å². The van der Waals surface area contributed by atoms with Crippen LogP contribution in [0, 0.1) is 0 Å². The SMILES string of the molecule is CCCCCCCCNS(=O)(=O)c1ccc(CN)o1. The summed E-state index contributed by atoms with van der Waals surface area (Å²) in [4.78, 5) is 0. The van der Waals surface area contributed by atoms with Crippen LogP contribution in [0.3, 0.4) is 0 Å². The lowest BCUT2D eigenvalue weighted by Crippen LogP contribution is -2.24. The maximum atomic E-state index is 11.9. The minimum Gasteiger partial charge on any atom is -0.447 e. The third-order valence-corrected chi connectivity index (χ3v) is 4.26. The normalized spacial score (nSPS) is 11.9. The summed E-state index contributed by atoms with van der Waals surface area (Å²) in [6.45, 7) is 2.83. The molecule has 1 heterocycles. The molecule has 0 aliphatic heterocycles. The first-order valence-corrected chi connectivity index (χ1v) is 8.37. The number of unbranched alkanes of at least 4 members (excludes halogenated alkanes) is 5. The Hall–Kier alpha value is -0.850. The van der Waals surface area contributed by atoms with Crippen molar-refractivity contribution in [1.29, 1.82) is 0 Å². The summed E-state index contributed by atoms with van der Waals surface area (Å²) in [6, 6.07) is 3.02. The van der Waals surface area contributed by atoms with Crippen LogP contribution in [0.2, 0.25) is 0 Å². The van der Waals surface area contributed by atoms with Crippen molar-refractivity contribution in [1.82, 2.24) is 4.72 Å². The molecule has 110 valence electrons. The lowest BCUT2D eigenvalue weighted by atomic mass is 10.1. The molecule has 1 aromatic rings. The number of nitrogens with two attached hydrogens (primary N) is 1. The molecule has 0 saturated carbocycles. The maximum absolute atomic E-state index is 11.9. The Morgan fingerprint density at radius 2 is 1.84 bits per heavy atom. The van der Waals surface area contributed by atoms with E-state index in [1.807, 2.05) is 0 Å². The molecule has 19 heavy (non-hydrogen) atoms. The molecule has 0 spiro atoms. The smallest absolute Gasteiger partial charge is 0.273 e. The van der Waals surface area contributed by atoms with E-state index in [2.05, 4.69) is 11.6 Å². The molecule has 5 nitrogen and oxygen atoms in total. The van der Waals surface area contributed by atoms with Gasteiger partial charge in [-0.25, -0.2) is 13.1 Å². The summed E-state index contributed by atoms with van der Waals surface area (Å²) in [6.07, 6.45) is 6.76. The van der Waals surface area contributed by atoms with E-state index in [0.29, 0.717) is 12.3 Å². The fraction of sp³-hybridized carbons (Fsp3) is 0.692. The molecule has 3 N–H and O–H groups in total. The first kappa shape index (κ1) is 16.2. The molecular formula is C13H24N2O3S. The molecule has 0 unspecified atom stereocenters. The van der Waals surface area contributed by atoms with Gasteiger partial charge in [-0.05, 0) is 18.6 Å². The van der Waals surface area contributed by atoms with Crippen molar-refractivity contribution in [2.24, 2.45) is 5.73 Å². The van der Waals surface area contributed by atoms with Crippen LogP contribution in [0.15, 0.2) is 21.6 Å². The number of furan rings is 1. The highest BCUT2D eigenvalue weighted by atomic mass is 32.2. The van der Waals surface area contributed by atoms with Crippen LogP contribution in [0.25, 0.3) is 0 Å². The number of sulfonamides is 1. The summed E-state index contributed by atoms with van der Waals surface area (Å²) >= 11 is 0. The van der Waals surface area contributed by atoms with E-state index in [4.69, 9.17) is 10.2 Å². The van der Waals surface area contributed by atoms with Crippen LogP contribution in [0.1, 0.15) is 51.2 Å². The van der Waals surface area contributed by atoms with Crippen molar-refractivity contribution in [3.05, 3.63) is 17.9 Å². The zero-order valence-electron chi connectivity index (χ0n) is 11.5. The van der Waals surface area contributed by atoms with Crippen molar-refractivity contribution in [2.75, 3.05) is 6.54 Å². The summed E-state index contributed by atoms with van der Waals surface area (Å²) in [5, 5.41) is -0.0565. The van der Waals surface area contributed by atoms with E-state index in [1.54, 1.807) is 6.07 Å². The van der Waals surface area contributed by atoms with E-state index < -0.39 is 10.0 Å². The molecular weight excluding hydrogens is 264 g/mol. The van der Waals surface area contributed by atoms with E-state index in [0.717, 1.165) is 19.3 Å². The molecule has 0 atom stereocenters. The molecule has 0 aliphatic rings. The van der Waals surface area contributed by atoms with E-state index in [1.165, 1.54) is 25.3 Å². The lowest BCUT2D eigenvalue weighted by Gasteiger charge is -2.04. The number of rotatable bonds is 10. The summed E-state index contributed by atoms with van der Waals surface area (Å²) in [5.41, 5.74) is 5.38. The standard InChI is InChI=1S/C13H24N2O3S/c1-2-3-4-5-6-7-10-15-19(16,17)13-9-8-12(11-14)18-13/h8-9,15H,2-7,10-11,14H2,1H3. The second kappa shape index (κ2) is 8.35. The van der Waals surface area contributed by atoms with Gasteiger partial charge in [0.05, 0.1) is 6.54 Å². The van der Waals surface area contributed by atoms with Crippen LogP contribution in [-0.4, -0.2) is 15.0 Å². The van der Waals surface area contributed by atoms with Gasteiger partial charge in [0, 0.05) is 6.54 Å². The number of hydrogen-bond donors (Lipinski definition) is 2. The Labute approximate surface area is 115 Å². The third kappa shape index (κ3) is 5.76. The Bertz CT molecular complexity index is 454. The van der Waals surface area contributed by atoms with Gasteiger partial charge in [0.1, 0.15) is 5.76 Å². The third-order valence-electron chi connectivity index (χ3n) is 2.93. The second-order valence-electron chi connectivity index (χ2n) is 4.59. The van der Waals surface area contributed by atoms with Crippen LogP contribution in [0.4, 0.5) is 0 Å². The predicted molar refractivity (Wildman–Crippen MR) is 75.2 cm³/mol. The van der Waals surface area contributed by atoms with Crippen molar-refractivity contribution in [3.63, 3.8) is 0 Å². The Morgan fingerprint density at radius 1 is 1.16 bits per heavy atom. The Morgan fingerprint density at radius 3 is 2.47 bits per heavy atom. The summed E-state index contributed by atoms with van der Waals surface area (Å²) in [5.74, 6) is 0.472. The average molecular weight is 288 g/mol. The number of nitrogens with one attached hydrogen (secondary N) is 1. The molecule has 0 aromatic carbocycles. The van der Waals surface area contributed by atoms with Gasteiger partial charge in [-0.15, -0.1) is 0 Å². The number of hydrogen-bond acceptors (Lipinski definition) is 4. The van der Waals surface area contributed by atoms with Gasteiger partial charge in [0.25, 0.3) is 10.0 Å². The van der Waals surface area contributed by atoms with Gasteiger partial charge in [-0.1, -0.05) is 39.0 Å². The molecule has 1 rings (SSSR count). The van der Waals surface area contributed by atoms with Gasteiger partial charge >= 0.3 is 0 Å². The fourth-order valence-corrected chi connectivity index (χ4v) is 2.81. The molecule has 0 bridgehead atoms. The second-order valence-corrected chi connectivity index (χ2v) is 6.29. The molecule has 6 heteroatoms. The van der Waals surface area contributed by atoms with Gasteiger partial charge in [0.2, 0.25) is 5.09 Å². The predicted octanol–water partition coefficient (Wildman–Crippen LogP) is 2.38. The minimum atomic E-state index is -3.52. The molecule has 0 radical (unpaired) electrons. The monoisotopic (exact) mass is 288 g/mol. The lowest BCUT2D eigenvalue weighted by molar-refractivity contribution is 0.412. The summed E-state index contributed by atoms with van der Waals surface area (Å²) < 4.78 is 31.4. The highest BCUT2D eigenvalue weighted by Gasteiger charge is 2.17. The van der Waals surface area contributed by atoms with E-state index in [9.17, 15) is 8.42 Å². The van der Waals surface area contributed by atoms with Crippen molar-refractivity contribution < 1.29 is 12.8 Å². The topological polar surface area (TPSA) is 85.3 Å². The van der Waals surface area contributed by atoms with Gasteiger partial charge < -0.3 is 10.2 Å². The van der Waals surface area contributed by atoms with Crippen LogP contribution < -0.4 is 10.5 Å². The van der Waals surface area contributed by atoms with Gasteiger partial charge in [-0.3, -0.25) is 0 Å². The van der Waals surface area contributed by atoms with Gasteiger partial charge in [0.15, 0.2) is 0 Å². The van der Waals surface area contributed by atoms with Crippen LogP contribution in [-0.2, 0) is 16.6 Å². The van der Waals surface area contributed by atoms with Crippen molar-refractivity contribution in [3.8, 4) is 0 Å². The molecule has 0 aliphatic carbocycles. The van der Waals surface area contributed by atoms with Crippen molar-refractivity contribution in [2.45, 2.75) is 57.1 Å². The largest absolute Gasteiger partial charge is 0.447 e. The summed E-state index contributed by atoms with van der Waals surface area (Å²) in [7, 11) is -3.52. The zero-order valence-corrected chi connectivity index (χ0v) is 12.3. The molecule has 1 aromatic heterocycles. The first-order valence-electron chi connectivity index (χ1n) is 6.88. The van der Waals surface area contributed by atoms with E-state index in [-0.39, 0.29) is 11.6 Å². The average Bonchev–Trinajstić information content (AvgIpc) is 2.87. The van der Waals surface area contributed by atoms with Gasteiger partial charge in [-0.2, -0.15) is 0 Å². The molecule has 0 fully saturated rings. The molecule has 0 amide bonds. The highest BCUT2D eigenvalue weighted by molar-refractivity contribution is 7.89. The Balaban J connectivity index is 2.27. The quantitative estimate of drug-likeness (QED) is 0.647. The zero-order chi connectivity index (χ0) is 14.1. The maximum Gasteiger partial charge on any atom is 0.273 e. The van der Waals surface area contributed by atoms with Crippen LogP contribution >= 0.6 is 0 Å². The van der Waals surface area contributed by atoms with Crippen LogP contribution in [0.5, 0.6) is 0 Å². The minimum absolute atomic E-state index is 0.0565. The Kier molecular flexibility index (Phi) is 7.12.